The van der Waals surface area contributed by atoms with Crippen LogP contribution in [0.3, 0.4) is 0 Å². The number of hydrogen-bond donors (Lipinski definition) is 1. The van der Waals surface area contributed by atoms with Crippen molar-refractivity contribution in [2.75, 3.05) is 13.1 Å². The Bertz CT molecular complexity index is 525. The van der Waals surface area contributed by atoms with Crippen LogP contribution in [0.5, 0.6) is 0 Å². The molecule has 0 radical (unpaired) electrons. The van der Waals surface area contributed by atoms with E-state index in [1.807, 2.05) is 18.7 Å². The van der Waals surface area contributed by atoms with Crippen molar-refractivity contribution < 1.29 is 14.4 Å². The zero-order valence-corrected chi connectivity index (χ0v) is 12.8. The molecule has 1 spiro atoms. The molecule has 1 N–H and O–H groups in total. The predicted molar refractivity (Wildman–Crippen MR) is 78.0 cm³/mol. The largest absolute Gasteiger partial charge is 0.392 e. The van der Waals surface area contributed by atoms with E-state index < -0.39 is 0 Å². The summed E-state index contributed by atoms with van der Waals surface area (Å²) in [7, 11) is 0. The fraction of sp³-hybridized carbons (Fsp3) is 0.750. The van der Waals surface area contributed by atoms with E-state index in [2.05, 4.69) is 5.16 Å². The number of nitrogens with zero attached hydrogens (tertiary/aromatic N) is 2. The molecule has 1 saturated carbocycles. The van der Waals surface area contributed by atoms with Crippen molar-refractivity contribution in [2.45, 2.75) is 58.0 Å². The molecule has 116 valence electrons. The highest BCUT2D eigenvalue weighted by Gasteiger charge is 2.45. The number of aliphatic hydroxyl groups is 1. The molecule has 1 amide bonds. The summed E-state index contributed by atoms with van der Waals surface area (Å²) in [5.41, 5.74) is 0.307. The van der Waals surface area contributed by atoms with Crippen LogP contribution in [0.1, 0.15) is 68.1 Å². The molecule has 2 heterocycles. The first-order valence-corrected chi connectivity index (χ1v) is 7.96. The zero-order valence-electron chi connectivity index (χ0n) is 12.8. The monoisotopic (exact) mass is 292 g/mol. The van der Waals surface area contributed by atoms with Crippen molar-refractivity contribution in [2.24, 2.45) is 5.41 Å². The van der Waals surface area contributed by atoms with Crippen LogP contribution in [-0.2, 0) is 0 Å². The number of likely N-dealkylation sites (tertiary alicyclic amines) is 1. The van der Waals surface area contributed by atoms with Crippen molar-refractivity contribution in [3.8, 4) is 0 Å². The average molecular weight is 292 g/mol. The van der Waals surface area contributed by atoms with Crippen LogP contribution in [0.15, 0.2) is 10.6 Å². The van der Waals surface area contributed by atoms with E-state index in [0.717, 1.165) is 44.4 Å². The molecule has 2 aliphatic rings. The number of aromatic nitrogens is 1. The first-order chi connectivity index (χ1) is 10.0. The van der Waals surface area contributed by atoms with E-state index >= 15 is 0 Å². The number of piperidine rings is 1. The highest BCUT2D eigenvalue weighted by atomic mass is 16.5. The van der Waals surface area contributed by atoms with Gasteiger partial charge in [0.15, 0.2) is 5.69 Å². The maximum atomic E-state index is 12.6. The summed E-state index contributed by atoms with van der Waals surface area (Å²) >= 11 is 0. The molecule has 21 heavy (non-hydrogen) atoms. The first-order valence-electron chi connectivity index (χ1n) is 7.96. The van der Waals surface area contributed by atoms with E-state index in [1.165, 1.54) is 0 Å². The van der Waals surface area contributed by atoms with Crippen LogP contribution >= 0.6 is 0 Å². The van der Waals surface area contributed by atoms with Crippen LogP contribution < -0.4 is 0 Å². The van der Waals surface area contributed by atoms with Gasteiger partial charge in [-0.2, -0.15) is 0 Å². The minimum atomic E-state index is -0.267. The van der Waals surface area contributed by atoms with Gasteiger partial charge in [-0.15, -0.1) is 0 Å². The lowest BCUT2D eigenvalue weighted by Gasteiger charge is -2.42. The Morgan fingerprint density at radius 3 is 2.86 bits per heavy atom. The number of hydrogen-bond acceptors (Lipinski definition) is 4. The quantitative estimate of drug-likeness (QED) is 0.909. The lowest BCUT2D eigenvalue weighted by molar-refractivity contribution is -0.00567. The third-order valence-corrected chi connectivity index (χ3v) is 5.07. The molecule has 1 aliphatic carbocycles. The Balaban J connectivity index is 1.75. The van der Waals surface area contributed by atoms with Crippen molar-refractivity contribution in [1.29, 1.82) is 0 Å². The minimum Gasteiger partial charge on any atom is -0.392 e. The lowest BCUT2D eigenvalue weighted by atomic mass is 9.76. The zero-order chi connectivity index (χ0) is 15.0. The maximum Gasteiger partial charge on any atom is 0.276 e. The van der Waals surface area contributed by atoms with Gasteiger partial charge in [0.2, 0.25) is 0 Å². The van der Waals surface area contributed by atoms with Crippen LogP contribution in [0.25, 0.3) is 0 Å². The average Bonchev–Trinajstić information content (AvgIpc) is 3.07. The molecule has 1 saturated heterocycles. The lowest BCUT2D eigenvalue weighted by Crippen LogP contribution is -2.49. The first kappa shape index (κ1) is 14.6. The van der Waals surface area contributed by atoms with Gasteiger partial charge in [0.05, 0.1) is 6.10 Å². The second-order valence-electron chi connectivity index (χ2n) is 6.87. The number of carbonyl (C=O) groups excluding carboxylic acids is 1. The molecular formula is C16H24N2O3. The van der Waals surface area contributed by atoms with Crippen molar-refractivity contribution in [3.63, 3.8) is 0 Å². The molecular weight excluding hydrogens is 268 g/mol. The van der Waals surface area contributed by atoms with Crippen molar-refractivity contribution in [3.05, 3.63) is 17.5 Å². The third kappa shape index (κ3) is 2.59. The van der Waals surface area contributed by atoms with E-state index in [4.69, 9.17) is 4.52 Å². The van der Waals surface area contributed by atoms with Crippen molar-refractivity contribution >= 4 is 5.91 Å². The highest BCUT2D eigenvalue weighted by molar-refractivity contribution is 5.92. The molecule has 0 aromatic carbocycles. The topological polar surface area (TPSA) is 66.6 Å². The van der Waals surface area contributed by atoms with Gasteiger partial charge in [-0.1, -0.05) is 25.4 Å². The summed E-state index contributed by atoms with van der Waals surface area (Å²) < 4.78 is 5.23. The summed E-state index contributed by atoms with van der Waals surface area (Å²) in [4.78, 5) is 14.5. The van der Waals surface area contributed by atoms with Crippen LogP contribution in [0.2, 0.25) is 0 Å². The molecule has 0 unspecified atom stereocenters. The Morgan fingerprint density at radius 1 is 1.48 bits per heavy atom. The summed E-state index contributed by atoms with van der Waals surface area (Å²) in [5.74, 6) is 0.901. The van der Waals surface area contributed by atoms with E-state index in [-0.39, 0.29) is 23.3 Å². The summed E-state index contributed by atoms with van der Waals surface area (Å²) in [5, 5.41) is 14.2. The maximum absolute atomic E-state index is 12.6. The Morgan fingerprint density at radius 2 is 2.24 bits per heavy atom. The number of rotatable bonds is 2. The molecule has 1 aromatic heterocycles. The standard InChI is InChI=1S/C16H24N2O3/c1-11(2)13-9-12(17-21-13)15(20)18-8-4-7-16(10-18)6-3-5-14(16)19/h9,11,14,19H,3-8,10H2,1-2H3/t14-,16-/m1/s1. The molecule has 2 fully saturated rings. The van der Waals surface area contributed by atoms with Gasteiger partial charge in [0, 0.05) is 30.5 Å². The molecule has 1 aromatic rings. The van der Waals surface area contributed by atoms with Gasteiger partial charge in [-0.05, 0) is 25.7 Å². The van der Waals surface area contributed by atoms with Crippen LogP contribution in [0.4, 0.5) is 0 Å². The van der Waals surface area contributed by atoms with Gasteiger partial charge >= 0.3 is 0 Å². The summed E-state index contributed by atoms with van der Waals surface area (Å²) in [6.07, 6.45) is 4.66. The fourth-order valence-electron chi connectivity index (χ4n) is 3.75. The predicted octanol–water partition coefficient (Wildman–Crippen LogP) is 2.57. The van der Waals surface area contributed by atoms with Crippen LogP contribution in [-0.4, -0.2) is 40.3 Å². The Labute approximate surface area is 125 Å². The normalized spacial score (nSPS) is 29.5. The van der Waals surface area contributed by atoms with Crippen molar-refractivity contribution in [1.82, 2.24) is 10.1 Å². The van der Waals surface area contributed by atoms with E-state index in [0.29, 0.717) is 12.2 Å². The molecule has 1 aliphatic heterocycles. The van der Waals surface area contributed by atoms with Gasteiger partial charge in [-0.25, -0.2) is 0 Å². The molecule has 2 atom stereocenters. The fourth-order valence-corrected chi connectivity index (χ4v) is 3.75. The van der Waals surface area contributed by atoms with Gasteiger partial charge in [0.25, 0.3) is 5.91 Å². The van der Waals surface area contributed by atoms with Gasteiger partial charge < -0.3 is 14.5 Å². The molecule has 5 heteroatoms. The Hall–Kier alpha value is -1.36. The summed E-state index contributed by atoms with van der Waals surface area (Å²) in [6.45, 7) is 5.42. The second-order valence-corrected chi connectivity index (χ2v) is 6.87. The van der Waals surface area contributed by atoms with E-state index in [1.54, 1.807) is 6.07 Å². The van der Waals surface area contributed by atoms with Gasteiger partial charge in [0.1, 0.15) is 5.76 Å². The molecule has 5 nitrogen and oxygen atoms in total. The minimum absolute atomic E-state index is 0.0659. The molecule has 0 bridgehead atoms. The van der Waals surface area contributed by atoms with E-state index in [9.17, 15) is 9.90 Å². The number of amides is 1. The SMILES string of the molecule is CC(C)c1cc(C(=O)N2CCC[C@]3(CCC[C@H]3O)C2)no1. The second kappa shape index (κ2) is 5.44. The number of aliphatic hydroxyl groups excluding tert-OH is 1. The number of carbonyl (C=O) groups is 1. The Kier molecular flexibility index (Phi) is 3.78. The smallest absolute Gasteiger partial charge is 0.276 e. The summed E-state index contributed by atoms with van der Waals surface area (Å²) in [6, 6.07) is 1.75. The van der Waals surface area contributed by atoms with Gasteiger partial charge in [-0.3, -0.25) is 4.79 Å². The van der Waals surface area contributed by atoms with Crippen LogP contribution in [0, 0.1) is 5.41 Å². The molecule has 3 rings (SSSR count). The highest BCUT2D eigenvalue weighted by Crippen LogP contribution is 2.45. The third-order valence-electron chi connectivity index (χ3n) is 5.07.